The molecule has 0 radical (unpaired) electrons. The molecule has 20 heavy (non-hydrogen) atoms. The van der Waals surface area contributed by atoms with Crippen molar-refractivity contribution in [3.63, 3.8) is 0 Å². The van der Waals surface area contributed by atoms with Crippen molar-refractivity contribution in [1.82, 2.24) is 10.2 Å². The molecule has 0 aliphatic carbocycles. The summed E-state index contributed by atoms with van der Waals surface area (Å²) in [6.07, 6.45) is 1.66. The highest BCUT2D eigenvalue weighted by Crippen LogP contribution is 2.26. The molecule has 106 valence electrons. The zero-order chi connectivity index (χ0) is 14.1. The lowest BCUT2D eigenvalue weighted by Crippen LogP contribution is -2.39. The third kappa shape index (κ3) is 2.35. The van der Waals surface area contributed by atoms with Gasteiger partial charge in [-0.25, -0.2) is 0 Å². The zero-order valence-corrected chi connectivity index (χ0v) is 11.5. The van der Waals surface area contributed by atoms with Gasteiger partial charge >= 0.3 is 0 Å². The van der Waals surface area contributed by atoms with Gasteiger partial charge in [-0.15, -0.1) is 0 Å². The minimum Gasteiger partial charge on any atom is -0.497 e. The molecule has 0 aromatic heterocycles. The average molecular weight is 274 g/mol. The smallest absolute Gasteiger partial charge is 0.227 e. The van der Waals surface area contributed by atoms with E-state index in [4.69, 9.17) is 4.74 Å². The minimum atomic E-state index is 0.0422. The Kier molecular flexibility index (Phi) is 3.34. The number of amides is 2. The van der Waals surface area contributed by atoms with Gasteiger partial charge in [0.1, 0.15) is 5.75 Å². The zero-order valence-electron chi connectivity index (χ0n) is 11.5. The molecule has 2 fully saturated rings. The van der Waals surface area contributed by atoms with Gasteiger partial charge in [-0.3, -0.25) is 9.59 Å². The Balaban J connectivity index is 1.68. The fourth-order valence-electron chi connectivity index (χ4n) is 3.10. The van der Waals surface area contributed by atoms with E-state index in [1.54, 1.807) is 7.11 Å². The highest BCUT2D eigenvalue weighted by atomic mass is 16.5. The third-order valence-corrected chi connectivity index (χ3v) is 4.10. The Morgan fingerprint density at radius 1 is 1.50 bits per heavy atom. The second-order valence-corrected chi connectivity index (χ2v) is 5.35. The molecule has 2 atom stereocenters. The first-order valence-corrected chi connectivity index (χ1v) is 6.89. The van der Waals surface area contributed by atoms with Crippen molar-refractivity contribution in [3.8, 4) is 5.75 Å². The summed E-state index contributed by atoms with van der Waals surface area (Å²) in [6.45, 7) is 0.735. The van der Waals surface area contributed by atoms with Crippen LogP contribution >= 0.6 is 0 Å². The van der Waals surface area contributed by atoms with E-state index in [1.165, 1.54) is 0 Å². The maximum Gasteiger partial charge on any atom is 0.227 e. The molecule has 1 N–H and O–H groups in total. The van der Waals surface area contributed by atoms with Crippen molar-refractivity contribution >= 4 is 11.8 Å². The van der Waals surface area contributed by atoms with Crippen LogP contribution in [0, 0.1) is 0 Å². The standard InChI is InChI=1S/C15H18N2O3/c1-20-11-4-2-3-10(7-11)8-15(19)17-6-5-12-13(17)9-14(18)16-12/h2-4,7,12-13H,5-6,8-9H2,1H3,(H,16,18)/t12-,13+/m1/s1. The molecule has 2 aliphatic heterocycles. The lowest BCUT2D eigenvalue weighted by molar-refractivity contribution is -0.131. The van der Waals surface area contributed by atoms with Crippen LogP contribution in [-0.2, 0) is 16.0 Å². The summed E-state index contributed by atoms with van der Waals surface area (Å²) in [7, 11) is 1.61. The molecule has 0 unspecified atom stereocenters. The summed E-state index contributed by atoms with van der Waals surface area (Å²) in [5.74, 6) is 0.897. The van der Waals surface area contributed by atoms with Gasteiger partial charge in [0, 0.05) is 13.0 Å². The lowest BCUT2D eigenvalue weighted by Gasteiger charge is -2.22. The van der Waals surface area contributed by atoms with Gasteiger partial charge in [0.2, 0.25) is 11.8 Å². The van der Waals surface area contributed by atoms with Gasteiger partial charge in [0.15, 0.2) is 0 Å². The van der Waals surface area contributed by atoms with Crippen molar-refractivity contribution in [2.45, 2.75) is 31.3 Å². The molecule has 3 rings (SSSR count). The van der Waals surface area contributed by atoms with Crippen molar-refractivity contribution in [1.29, 1.82) is 0 Å². The summed E-state index contributed by atoms with van der Waals surface area (Å²) in [4.78, 5) is 25.7. The number of carbonyl (C=O) groups excluding carboxylic acids is 2. The summed E-state index contributed by atoms with van der Waals surface area (Å²) < 4.78 is 5.17. The van der Waals surface area contributed by atoms with Crippen LogP contribution in [0.5, 0.6) is 5.75 Å². The molecule has 2 saturated heterocycles. The number of methoxy groups -OCH3 is 1. The second-order valence-electron chi connectivity index (χ2n) is 5.35. The maximum absolute atomic E-state index is 12.4. The average Bonchev–Trinajstić information content (AvgIpc) is 2.97. The van der Waals surface area contributed by atoms with E-state index in [-0.39, 0.29) is 23.9 Å². The van der Waals surface area contributed by atoms with Crippen LogP contribution in [0.4, 0.5) is 0 Å². The number of benzene rings is 1. The molecule has 0 bridgehead atoms. The highest BCUT2D eigenvalue weighted by molar-refractivity contribution is 5.84. The summed E-state index contributed by atoms with van der Waals surface area (Å²) in [6, 6.07) is 7.74. The van der Waals surface area contributed by atoms with E-state index in [1.807, 2.05) is 29.2 Å². The van der Waals surface area contributed by atoms with Gasteiger partial charge in [-0.1, -0.05) is 12.1 Å². The Hall–Kier alpha value is -2.04. The lowest BCUT2D eigenvalue weighted by atomic mass is 10.1. The molecule has 5 heteroatoms. The number of hydrogen-bond donors (Lipinski definition) is 1. The van der Waals surface area contributed by atoms with Gasteiger partial charge in [-0.2, -0.15) is 0 Å². The summed E-state index contributed by atoms with van der Waals surface area (Å²) >= 11 is 0. The van der Waals surface area contributed by atoms with Crippen LogP contribution in [0.25, 0.3) is 0 Å². The van der Waals surface area contributed by atoms with Crippen molar-refractivity contribution in [3.05, 3.63) is 29.8 Å². The first-order valence-electron chi connectivity index (χ1n) is 6.89. The molecular formula is C15H18N2O3. The third-order valence-electron chi connectivity index (χ3n) is 4.10. The van der Waals surface area contributed by atoms with E-state index < -0.39 is 0 Å². The SMILES string of the molecule is COc1cccc(CC(=O)N2CC[C@H]3NC(=O)C[C@@H]32)c1. The Morgan fingerprint density at radius 3 is 3.15 bits per heavy atom. The van der Waals surface area contributed by atoms with Crippen LogP contribution in [0.1, 0.15) is 18.4 Å². The monoisotopic (exact) mass is 274 g/mol. The molecule has 2 heterocycles. The predicted molar refractivity (Wildman–Crippen MR) is 73.4 cm³/mol. The number of fused-ring (bicyclic) bond motifs is 1. The summed E-state index contributed by atoms with van der Waals surface area (Å²) in [5, 5.41) is 2.93. The van der Waals surface area contributed by atoms with Crippen LogP contribution in [-0.4, -0.2) is 42.5 Å². The number of ether oxygens (including phenoxy) is 1. The quantitative estimate of drug-likeness (QED) is 0.884. The first-order chi connectivity index (χ1) is 9.67. The molecular weight excluding hydrogens is 256 g/mol. The number of hydrogen-bond acceptors (Lipinski definition) is 3. The molecule has 0 saturated carbocycles. The maximum atomic E-state index is 12.4. The van der Waals surface area contributed by atoms with Crippen LogP contribution in [0.2, 0.25) is 0 Å². The Labute approximate surface area is 117 Å². The summed E-state index contributed by atoms with van der Waals surface area (Å²) in [5.41, 5.74) is 0.940. The number of nitrogens with zero attached hydrogens (tertiary/aromatic N) is 1. The van der Waals surface area contributed by atoms with Crippen LogP contribution in [0.3, 0.4) is 0 Å². The predicted octanol–water partition coefficient (Wildman–Crippen LogP) is 0.727. The number of likely N-dealkylation sites (tertiary alicyclic amines) is 1. The van der Waals surface area contributed by atoms with Crippen molar-refractivity contribution in [2.75, 3.05) is 13.7 Å². The van der Waals surface area contributed by atoms with E-state index >= 15 is 0 Å². The van der Waals surface area contributed by atoms with Crippen LogP contribution < -0.4 is 10.1 Å². The second kappa shape index (κ2) is 5.15. The molecule has 1 aromatic rings. The molecule has 0 spiro atoms. The first kappa shape index (κ1) is 13.0. The van der Waals surface area contributed by atoms with Gasteiger partial charge in [-0.05, 0) is 24.1 Å². The molecule has 5 nitrogen and oxygen atoms in total. The molecule has 2 amide bonds. The Morgan fingerprint density at radius 2 is 2.35 bits per heavy atom. The number of nitrogens with one attached hydrogen (secondary N) is 1. The number of rotatable bonds is 3. The van der Waals surface area contributed by atoms with Crippen molar-refractivity contribution < 1.29 is 14.3 Å². The van der Waals surface area contributed by atoms with E-state index in [0.717, 1.165) is 24.3 Å². The van der Waals surface area contributed by atoms with E-state index in [9.17, 15) is 9.59 Å². The fraction of sp³-hybridized carbons (Fsp3) is 0.467. The molecule has 2 aliphatic rings. The van der Waals surface area contributed by atoms with Gasteiger partial charge in [0.05, 0.1) is 25.6 Å². The highest BCUT2D eigenvalue weighted by Gasteiger charge is 2.43. The largest absolute Gasteiger partial charge is 0.497 e. The molecule has 1 aromatic carbocycles. The van der Waals surface area contributed by atoms with E-state index in [0.29, 0.717) is 12.8 Å². The van der Waals surface area contributed by atoms with E-state index in [2.05, 4.69) is 5.32 Å². The normalized spacial score (nSPS) is 24.4. The number of carbonyl (C=O) groups is 2. The van der Waals surface area contributed by atoms with Gasteiger partial charge < -0.3 is 15.0 Å². The minimum absolute atomic E-state index is 0.0422. The van der Waals surface area contributed by atoms with Crippen molar-refractivity contribution in [2.24, 2.45) is 0 Å². The van der Waals surface area contributed by atoms with Crippen LogP contribution in [0.15, 0.2) is 24.3 Å². The topological polar surface area (TPSA) is 58.6 Å². The fourth-order valence-corrected chi connectivity index (χ4v) is 3.10. The van der Waals surface area contributed by atoms with Gasteiger partial charge in [0.25, 0.3) is 0 Å². The Bertz CT molecular complexity index is 544.